The van der Waals surface area contributed by atoms with Crippen molar-refractivity contribution in [3.05, 3.63) is 78.0 Å². The van der Waals surface area contributed by atoms with Gasteiger partial charge in [-0.3, -0.25) is 4.90 Å². The van der Waals surface area contributed by atoms with Crippen molar-refractivity contribution in [3.8, 4) is 11.5 Å². The number of fused-ring (bicyclic) bond motifs is 1. The first-order chi connectivity index (χ1) is 17.7. The molecule has 3 aromatic heterocycles. The molecular weight excluding hydrogens is 458 g/mol. The standard InChI is InChI=1S/C28H31N3O5/c1-33-22-5-6-24(28(32)34-2)26(16-22)36-15-13-30-11-7-21(8-12-30)25-18-31(17-20-9-14-35-19-20)27-23(25)4-3-10-29-27/h3-6,9-10,14,16,18-19,21H,7-8,11-13,15,17H2,1-2H3. The van der Waals surface area contributed by atoms with Crippen molar-refractivity contribution in [2.45, 2.75) is 25.3 Å². The summed E-state index contributed by atoms with van der Waals surface area (Å²) >= 11 is 0. The molecule has 0 radical (unpaired) electrons. The number of hydrogen-bond acceptors (Lipinski definition) is 7. The van der Waals surface area contributed by atoms with Gasteiger partial charge in [-0.2, -0.15) is 0 Å². The molecule has 36 heavy (non-hydrogen) atoms. The number of furan rings is 1. The van der Waals surface area contributed by atoms with Gasteiger partial charge in [0.15, 0.2) is 0 Å². The van der Waals surface area contributed by atoms with E-state index in [0.29, 0.717) is 29.6 Å². The van der Waals surface area contributed by atoms with E-state index in [9.17, 15) is 4.79 Å². The van der Waals surface area contributed by atoms with Gasteiger partial charge in [0.1, 0.15) is 29.3 Å². The van der Waals surface area contributed by atoms with Gasteiger partial charge in [0.25, 0.3) is 0 Å². The Morgan fingerprint density at radius 1 is 1.17 bits per heavy atom. The molecule has 5 rings (SSSR count). The lowest BCUT2D eigenvalue weighted by Crippen LogP contribution is -2.35. The Labute approximate surface area is 210 Å². The van der Waals surface area contributed by atoms with E-state index in [1.54, 1.807) is 37.8 Å². The van der Waals surface area contributed by atoms with Crippen molar-refractivity contribution < 1.29 is 23.4 Å². The summed E-state index contributed by atoms with van der Waals surface area (Å²) in [5.74, 6) is 1.19. The number of aromatic nitrogens is 2. The topological polar surface area (TPSA) is 79.0 Å². The van der Waals surface area contributed by atoms with Gasteiger partial charge in [0, 0.05) is 36.0 Å². The number of benzene rings is 1. The van der Waals surface area contributed by atoms with Crippen LogP contribution in [0.1, 0.15) is 40.2 Å². The van der Waals surface area contributed by atoms with Gasteiger partial charge in [0.05, 0.1) is 33.3 Å². The van der Waals surface area contributed by atoms with Gasteiger partial charge in [0.2, 0.25) is 0 Å². The number of piperidine rings is 1. The Morgan fingerprint density at radius 3 is 2.78 bits per heavy atom. The van der Waals surface area contributed by atoms with Crippen LogP contribution in [-0.4, -0.2) is 60.9 Å². The number of ether oxygens (including phenoxy) is 3. The number of hydrogen-bond donors (Lipinski definition) is 0. The molecule has 0 spiro atoms. The number of carbonyl (C=O) groups excluding carboxylic acids is 1. The molecule has 0 unspecified atom stereocenters. The van der Waals surface area contributed by atoms with Crippen molar-refractivity contribution in [1.82, 2.24) is 14.5 Å². The summed E-state index contributed by atoms with van der Waals surface area (Å²) in [4.78, 5) is 19.2. The predicted octanol–water partition coefficient (Wildman–Crippen LogP) is 4.73. The van der Waals surface area contributed by atoms with Crippen LogP contribution in [0.4, 0.5) is 0 Å². The van der Waals surface area contributed by atoms with Crippen LogP contribution in [0.5, 0.6) is 11.5 Å². The molecule has 1 saturated heterocycles. The smallest absolute Gasteiger partial charge is 0.341 e. The maximum atomic E-state index is 12.1. The molecule has 0 saturated carbocycles. The lowest BCUT2D eigenvalue weighted by atomic mass is 9.89. The summed E-state index contributed by atoms with van der Waals surface area (Å²) in [5.41, 5.74) is 3.92. The Hall–Kier alpha value is -3.78. The average Bonchev–Trinajstić information content (AvgIpc) is 3.57. The average molecular weight is 490 g/mol. The zero-order chi connectivity index (χ0) is 24.9. The molecule has 1 fully saturated rings. The van der Waals surface area contributed by atoms with E-state index >= 15 is 0 Å². The molecule has 8 heteroatoms. The quantitative estimate of drug-likeness (QED) is 0.315. The molecule has 0 atom stereocenters. The highest BCUT2D eigenvalue weighted by Crippen LogP contribution is 2.34. The van der Waals surface area contributed by atoms with E-state index in [-0.39, 0.29) is 0 Å². The van der Waals surface area contributed by atoms with Crippen LogP contribution in [0.2, 0.25) is 0 Å². The third kappa shape index (κ3) is 5.09. The molecule has 0 amide bonds. The highest BCUT2D eigenvalue weighted by atomic mass is 16.5. The van der Waals surface area contributed by atoms with Gasteiger partial charge in [-0.15, -0.1) is 0 Å². The SMILES string of the molecule is COC(=O)c1ccc(OC)cc1OCCN1CCC(c2cn(Cc3ccoc3)c3ncccc23)CC1. The minimum Gasteiger partial charge on any atom is -0.497 e. The van der Waals surface area contributed by atoms with Crippen LogP contribution in [-0.2, 0) is 11.3 Å². The van der Waals surface area contributed by atoms with Crippen molar-refractivity contribution in [1.29, 1.82) is 0 Å². The maximum absolute atomic E-state index is 12.1. The molecule has 0 N–H and O–H groups in total. The molecule has 1 aliphatic heterocycles. The molecule has 1 aliphatic rings. The zero-order valence-corrected chi connectivity index (χ0v) is 20.7. The summed E-state index contributed by atoms with van der Waals surface area (Å²) in [6.45, 7) is 4.00. The van der Waals surface area contributed by atoms with Crippen LogP contribution in [0.25, 0.3) is 11.0 Å². The van der Waals surface area contributed by atoms with E-state index in [2.05, 4.69) is 26.7 Å². The van der Waals surface area contributed by atoms with E-state index in [1.807, 2.05) is 18.3 Å². The molecular formula is C28H31N3O5. The van der Waals surface area contributed by atoms with E-state index in [1.165, 1.54) is 18.1 Å². The molecule has 1 aromatic carbocycles. The number of rotatable bonds is 9. The number of methoxy groups -OCH3 is 2. The van der Waals surface area contributed by atoms with Crippen LogP contribution in [0.3, 0.4) is 0 Å². The van der Waals surface area contributed by atoms with Crippen molar-refractivity contribution in [3.63, 3.8) is 0 Å². The largest absolute Gasteiger partial charge is 0.497 e. The van der Waals surface area contributed by atoms with Crippen LogP contribution in [0, 0.1) is 0 Å². The van der Waals surface area contributed by atoms with Crippen LogP contribution >= 0.6 is 0 Å². The fraction of sp³-hybridized carbons (Fsp3) is 0.357. The van der Waals surface area contributed by atoms with Gasteiger partial charge >= 0.3 is 5.97 Å². The molecule has 4 heterocycles. The second-order valence-electron chi connectivity index (χ2n) is 9.04. The minimum atomic E-state index is -0.421. The van der Waals surface area contributed by atoms with E-state index in [0.717, 1.165) is 50.2 Å². The molecule has 0 aliphatic carbocycles. The number of likely N-dealkylation sites (tertiary alicyclic amines) is 1. The number of esters is 1. The Bertz CT molecular complexity index is 1310. The van der Waals surface area contributed by atoms with E-state index < -0.39 is 5.97 Å². The first-order valence-electron chi connectivity index (χ1n) is 12.2. The number of nitrogens with zero attached hydrogens (tertiary/aromatic N) is 3. The summed E-state index contributed by atoms with van der Waals surface area (Å²) in [6, 6.07) is 11.3. The van der Waals surface area contributed by atoms with Gasteiger partial charge in [-0.05, 0) is 67.7 Å². The third-order valence-electron chi connectivity index (χ3n) is 6.88. The Morgan fingerprint density at radius 2 is 2.03 bits per heavy atom. The van der Waals surface area contributed by atoms with Crippen LogP contribution in [0.15, 0.2) is 65.7 Å². The fourth-order valence-corrected chi connectivity index (χ4v) is 4.95. The van der Waals surface area contributed by atoms with E-state index in [4.69, 9.17) is 18.6 Å². The Balaban J connectivity index is 1.20. The second-order valence-corrected chi connectivity index (χ2v) is 9.04. The zero-order valence-electron chi connectivity index (χ0n) is 20.7. The van der Waals surface area contributed by atoms with Crippen molar-refractivity contribution in [2.24, 2.45) is 0 Å². The molecule has 4 aromatic rings. The van der Waals surface area contributed by atoms with Gasteiger partial charge < -0.3 is 23.2 Å². The Kier molecular flexibility index (Phi) is 7.23. The monoisotopic (exact) mass is 489 g/mol. The molecule has 8 nitrogen and oxygen atoms in total. The highest BCUT2D eigenvalue weighted by molar-refractivity contribution is 5.92. The highest BCUT2D eigenvalue weighted by Gasteiger charge is 2.24. The third-order valence-corrected chi connectivity index (χ3v) is 6.88. The summed E-state index contributed by atoms with van der Waals surface area (Å²) in [5, 5.41) is 1.23. The lowest BCUT2D eigenvalue weighted by molar-refractivity contribution is 0.0595. The first-order valence-corrected chi connectivity index (χ1v) is 12.2. The van der Waals surface area contributed by atoms with Crippen molar-refractivity contribution in [2.75, 3.05) is 40.5 Å². The van der Waals surface area contributed by atoms with Gasteiger partial charge in [-0.1, -0.05) is 0 Å². The van der Waals surface area contributed by atoms with Crippen molar-refractivity contribution >= 4 is 17.0 Å². The summed E-state index contributed by atoms with van der Waals surface area (Å²) in [6.07, 6.45) is 9.77. The molecule has 0 bridgehead atoms. The fourth-order valence-electron chi connectivity index (χ4n) is 4.95. The van der Waals surface area contributed by atoms with Crippen LogP contribution < -0.4 is 9.47 Å². The summed E-state index contributed by atoms with van der Waals surface area (Å²) in [7, 11) is 2.96. The minimum absolute atomic E-state index is 0.400. The molecule has 188 valence electrons. The van der Waals surface area contributed by atoms with Gasteiger partial charge in [-0.25, -0.2) is 9.78 Å². The first kappa shape index (κ1) is 23.9. The summed E-state index contributed by atoms with van der Waals surface area (Å²) < 4.78 is 23.6. The normalized spacial score (nSPS) is 14.7. The number of carbonyl (C=O) groups is 1. The second kappa shape index (κ2) is 10.9. The predicted molar refractivity (Wildman–Crippen MR) is 136 cm³/mol. The lowest BCUT2D eigenvalue weighted by Gasteiger charge is -2.31. The maximum Gasteiger partial charge on any atom is 0.341 e. The number of pyridine rings is 1.